The van der Waals surface area contributed by atoms with Crippen LogP contribution in [0.2, 0.25) is 0 Å². The molecule has 3 aromatic carbocycles. The molecule has 1 aliphatic heterocycles. The van der Waals surface area contributed by atoms with Crippen molar-refractivity contribution in [2.24, 2.45) is 0 Å². The third-order valence-electron chi connectivity index (χ3n) is 4.71. The highest BCUT2D eigenvalue weighted by atomic mass is 16.7. The van der Waals surface area contributed by atoms with Crippen LogP contribution in [0.4, 0.5) is 0 Å². The number of hydrogen-bond donors (Lipinski definition) is 1. The second-order valence-electron chi connectivity index (χ2n) is 6.78. The van der Waals surface area contributed by atoms with Crippen molar-refractivity contribution in [2.75, 3.05) is 19.9 Å². The van der Waals surface area contributed by atoms with E-state index in [4.69, 9.17) is 14.2 Å². The molecule has 0 atom stereocenters. The Balaban J connectivity index is 1.25. The number of ether oxygens (including phenoxy) is 3. The SMILES string of the molecule is O=C(CNC(=O)c1ccc2c(c1)OCO2)OCC(=O)c1ccc(-c2ccccc2)cc1. The van der Waals surface area contributed by atoms with Crippen molar-refractivity contribution < 1.29 is 28.6 Å². The maximum absolute atomic E-state index is 12.3. The van der Waals surface area contributed by atoms with Crippen LogP contribution in [-0.4, -0.2) is 37.6 Å². The highest BCUT2D eigenvalue weighted by molar-refractivity contribution is 5.99. The number of fused-ring (bicyclic) bond motifs is 1. The largest absolute Gasteiger partial charge is 0.456 e. The molecule has 4 rings (SSSR count). The van der Waals surface area contributed by atoms with Crippen LogP contribution in [0.3, 0.4) is 0 Å². The van der Waals surface area contributed by atoms with Gasteiger partial charge in [-0.05, 0) is 29.3 Å². The number of Topliss-reactive ketones (excluding diaryl/α,β-unsaturated/α-hetero) is 1. The van der Waals surface area contributed by atoms with Crippen LogP contribution in [-0.2, 0) is 9.53 Å². The van der Waals surface area contributed by atoms with Gasteiger partial charge in [0.2, 0.25) is 6.79 Å². The maximum Gasteiger partial charge on any atom is 0.325 e. The molecule has 0 radical (unpaired) electrons. The maximum atomic E-state index is 12.3. The van der Waals surface area contributed by atoms with Crippen molar-refractivity contribution in [1.29, 1.82) is 0 Å². The second-order valence-corrected chi connectivity index (χ2v) is 6.78. The smallest absolute Gasteiger partial charge is 0.325 e. The van der Waals surface area contributed by atoms with Gasteiger partial charge in [0.25, 0.3) is 5.91 Å². The molecule has 0 saturated carbocycles. The van der Waals surface area contributed by atoms with E-state index in [0.29, 0.717) is 22.6 Å². The van der Waals surface area contributed by atoms with Gasteiger partial charge in [-0.2, -0.15) is 0 Å². The minimum absolute atomic E-state index is 0.107. The molecule has 156 valence electrons. The van der Waals surface area contributed by atoms with Crippen LogP contribution in [0.15, 0.2) is 72.8 Å². The number of carbonyl (C=O) groups excluding carboxylic acids is 3. The first-order valence-electron chi connectivity index (χ1n) is 9.62. The van der Waals surface area contributed by atoms with E-state index in [2.05, 4.69) is 5.32 Å². The highest BCUT2D eigenvalue weighted by Crippen LogP contribution is 2.32. The number of nitrogens with one attached hydrogen (secondary N) is 1. The van der Waals surface area contributed by atoms with Gasteiger partial charge in [-0.3, -0.25) is 14.4 Å². The molecule has 7 heteroatoms. The van der Waals surface area contributed by atoms with Crippen LogP contribution in [0.1, 0.15) is 20.7 Å². The van der Waals surface area contributed by atoms with E-state index in [-0.39, 0.29) is 19.1 Å². The topological polar surface area (TPSA) is 90.9 Å². The molecule has 1 amide bonds. The standard InChI is InChI=1S/C24H19NO6/c26-20(18-8-6-17(7-9-18)16-4-2-1-3-5-16)14-29-23(27)13-25-24(28)19-10-11-21-22(12-19)31-15-30-21/h1-12H,13-15H2,(H,25,28). The normalized spacial score (nSPS) is 11.6. The zero-order valence-corrected chi connectivity index (χ0v) is 16.5. The second kappa shape index (κ2) is 9.13. The van der Waals surface area contributed by atoms with E-state index in [9.17, 15) is 14.4 Å². The van der Waals surface area contributed by atoms with Crippen LogP contribution in [0.25, 0.3) is 11.1 Å². The molecular formula is C24H19NO6. The van der Waals surface area contributed by atoms with E-state index in [1.54, 1.807) is 24.3 Å². The molecule has 0 aromatic heterocycles. The van der Waals surface area contributed by atoms with Crippen molar-refractivity contribution in [3.05, 3.63) is 83.9 Å². The Hall–Kier alpha value is -4.13. The van der Waals surface area contributed by atoms with Crippen molar-refractivity contribution in [3.63, 3.8) is 0 Å². The molecule has 31 heavy (non-hydrogen) atoms. The van der Waals surface area contributed by atoms with Gasteiger partial charge in [0, 0.05) is 11.1 Å². The lowest BCUT2D eigenvalue weighted by Crippen LogP contribution is -2.31. The van der Waals surface area contributed by atoms with Crippen molar-refractivity contribution >= 4 is 17.7 Å². The average Bonchev–Trinajstić information content (AvgIpc) is 3.29. The zero-order valence-electron chi connectivity index (χ0n) is 16.5. The number of rotatable bonds is 7. The molecule has 0 spiro atoms. The fourth-order valence-corrected chi connectivity index (χ4v) is 3.05. The van der Waals surface area contributed by atoms with Gasteiger partial charge in [-0.1, -0.05) is 54.6 Å². The third-order valence-corrected chi connectivity index (χ3v) is 4.71. The number of amides is 1. The summed E-state index contributed by atoms with van der Waals surface area (Å²) in [6, 6.07) is 21.6. The van der Waals surface area contributed by atoms with Crippen LogP contribution in [0, 0.1) is 0 Å². The average molecular weight is 417 g/mol. The fourth-order valence-electron chi connectivity index (χ4n) is 3.05. The first-order chi connectivity index (χ1) is 15.1. The Bertz CT molecular complexity index is 1110. The molecule has 7 nitrogen and oxygen atoms in total. The van der Waals surface area contributed by atoms with Gasteiger partial charge in [-0.15, -0.1) is 0 Å². The van der Waals surface area contributed by atoms with Crippen molar-refractivity contribution in [3.8, 4) is 22.6 Å². The Morgan fingerprint density at radius 3 is 2.26 bits per heavy atom. The molecule has 1 N–H and O–H groups in total. The number of esters is 1. The predicted molar refractivity (Wildman–Crippen MR) is 112 cm³/mol. The quantitative estimate of drug-likeness (QED) is 0.469. The Labute approximate surface area is 178 Å². The Morgan fingerprint density at radius 2 is 1.48 bits per heavy atom. The number of carbonyl (C=O) groups is 3. The summed E-state index contributed by atoms with van der Waals surface area (Å²) >= 11 is 0. The summed E-state index contributed by atoms with van der Waals surface area (Å²) in [7, 11) is 0. The lowest BCUT2D eigenvalue weighted by molar-refractivity contribution is -0.141. The lowest BCUT2D eigenvalue weighted by atomic mass is 10.0. The summed E-state index contributed by atoms with van der Waals surface area (Å²) in [6.07, 6.45) is 0. The number of hydrogen-bond acceptors (Lipinski definition) is 6. The zero-order chi connectivity index (χ0) is 21.6. The monoisotopic (exact) mass is 417 g/mol. The predicted octanol–water partition coefficient (Wildman–Crippen LogP) is 3.24. The van der Waals surface area contributed by atoms with E-state index in [1.165, 1.54) is 6.07 Å². The van der Waals surface area contributed by atoms with Crippen LogP contribution < -0.4 is 14.8 Å². The van der Waals surface area contributed by atoms with Gasteiger partial charge in [0.15, 0.2) is 23.9 Å². The Kier molecular flexibility index (Phi) is 5.93. The number of ketones is 1. The molecule has 0 fully saturated rings. The third kappa shape index (κ3) is 4.90. The molecule has 0 unspecified atom stereocenters. The minimum atomic E-state index is -0.705. The van der Waals surface area contributed by atoms with Gasteiger partial charge in [-0.25, -0.2) is 0 Å². The van der Waals surface area contributed by atoms with Crippen molar-refractivity contribution in [2.45, 2.75) is 0 Å². The molecular weight excluding hydrogens is 398 g/mol. The van der Waals surface area contributed by atoms with E-state index in [1.807, 2.05) is 42.5 Å². The number of benzene rings is 3. The highest BCUT2D eigenvalue weighted by Gasteiger charge is 2.17. The molecule has 1 aliphatic rings. The van der Waals surface area contributed by atoms with Crippen LogP contribution in [0.5, 0.6) is 11.5 Å². The van der Waals surface area contributed by atoms with Gasteiger partial charge < -0.3 is 19.5 Å². The van der Waals surface area contributed by atoms with Crippen LogP contribution >= 0.6 is 0 Å². The summed E-state index contributed by atoms with van der Waals surface area (Å²) < 4.78 is 15.4. The van der Waals surface area contributed by atoms with E-state index < -0.39 is 18.5 Å². The molecule has 3 aromatic rings. The van der Waals surface area contributed by atoms with Crippen molar-refractivity contribution in [1.82, 2.24) is 5.32 Å². The Morgan fingerprint density at radius 1 is 0.806 bits per heavy atom. The van der Waals surface area contributed by atoms with E-state index >= 15 is 0 Å². The molecule has 0 aliphatic carbocycles. The van der Waals surface area contributed by atoms with Gasteiger partial charge in [0.1, 0.15) is 6.54 Å². The molecule has 0 saturated heterocycles. The van der Waals surface area contributed by atoms with E-state index in [0.717, 1.165) is 11.1 Å². The van der Waals surface area contributed by atoms with Gasteiger partial charge >= 0.3 is 5.97 Å². The summed E-state index contributed by atoms with van der Waals surface area (Å²) in [4.78, 5) is 36.4. The van der Waals surface area contributed by atoms with Gasteiger partial charge in [0.05, 0.1) is 0 Å². The summed E-state index contributed by atoms with van der Waals surface area (Å²) in [6.45, 7) is -0.646. The first-order valence-corrected chi connectivity index (χ1v) is 9.62. The summed E-state index contributed by atoms with van der Waals surface area (Å²) in [5.74, 6) is -0.457. The summed E-state index contributed by atoms with van der Waals surface area (Å²) in [5.41, 5.74) is 2.80. The fraction of sp³-hybridized carbons (Fsp3) is 0.125. The lowest BCUT2D eigenvalue weighted by Gasteiger charge is -2.07. The summed E-state index contributed by atoms with van der Waals surface area (Å²) in [5, 5.41) is 2.46. The molecule has 0 bridgehead atoms. The first kappa shape index (κ1) is 20.2. The minimum Gasteiger partial charge on any atom is -0.456 e. The molecule has 1 heterocycles.